The van der Waals surface area contributed by atoms with Gasteiger partial charge >= 0.3 is 12.0 Å². The zero-order valence-electron chi connectivity index (χ0n) is 13.2. The van der Waals surface area contributed by atoms with E-state index in [0.29, 0.717) is 9.90 Å². The number of imide groups is 1. The Kier molecular flexibility index (Phi) is 6.73. The van der Waals surface area contributed by atoms with Gasteiger partial charge in [-0.3, -0.25) is 10.1 Å². The summed E-state index contributed by atoms with van der Waals surface area (Å²) in [6.07, 6.45) is 1.49. The van der Waals surface area contributed by atoms with Crippen molar-refractivity contribution in [2.45, 2.75) is 6.10 Å². The molecule has 25 heavy (non-hydrogen) atoms. The van der Waals surface area contributed by atoms with Gasteiger partial charge in [0.15, 0.2) is 0 Å². The number of benzene rings is 1. The lowest BCUT2D eigenvalue weighted by atomic mass is 10.1. The van der Waals surface area contributed by atoms with E-state index in [2.05, 4.69) is 10.6 Å². The minimum atomic E-state index is -1.25. The molecule has 8 heteroatoms. The third kappa shape index (κ3) is 5.74. The quantitative estimate of drug-likeness (QED) is 0.618. The van der Waals surface area contributed by atoms with Gasteiger partial charge in [-0.05, 0) is 18.2 Å². The topological polar surface area (TPSA) is 84.5 Å². The van der Waals surface area contributed by atoms with Gasteiger partial charge in [-0.25, -0.2) is 9.59 Å². The van der Waals surface area contributed by atoms with Crippen LogP contribution in [0.1, 0.15) is 16.5 Å². The number of amides is 3. The summed E-state index contributed by atoms with van der Waals surface area (Å²) in [5.41, 5.74) is 0.449. The number of carbonyl (C=O) groups is 3. The van der Waals surface area contributed by atoms with Gasteiger partial charge in [0.2, 0.25) is 6.10 Å². The third-order valence-electron chi connectivity index (χ3n) is 3.02. The van der Waals surface area contributed by atoms with Gasteiger partial charge in [0.25, 0.3) is 5.91 Å². The first-order valence-electron chi connectivity index (χ1n) is 7.21. The van der Waals surface area contributed by atoms with E-state index in [4.69, 9.17) is 16.3 Å². The molecule has 0 aliphatic rings. The Bertz CT molecular complexity index is 789. The Morgan fingerprint density at radius 3 is 2.48 bits per heavy atom. The lowest BCUT2D eigenvalue weighted by molar-refractivity contribution is -0.151. The van der Waals surface area contributed by atoms with Crippen molar-refractivity contribution in [3.8, 4) is 0 Å². The van der Waals surface area contributed by atoms with Gasteiger partial charge in [0.05, 0.1) is 4.34 Å². The summed E-state index contributed by atoms with van der Waals surface area (Å²) >= 11 is 7.12. The standard InChI is InChI=1S/C17H15ClN2O4S/c1-19-17(23)20-16(22)15(11-5-3-2-4-6-11)24-14(21)10-8-12-7-9-13(18)25-12/h2-10,15H,1H3,(H2,19,20,22,23)/b10-8+. The van der Waals surface area contributed by atoms with Gasteiger partial charge in [-0.15, -0.1) is 11.3 Å². The van der Waals surface area contributed by atoms with E-state index < -0.39 is 24.0 Å². The van der Waals surface area contributed by atoms with Crippen molar-refractivity contribution in [3.63, 3.8) is 0 Å². The fourth-order valence-corrected chi connectivity index (χ4v) is 2.83. The fourth-order valence-electron chi connectivity index (χ4n) is 1.86. The van der Waals surface area contributed by atoms with Crippen LogP contribution >= 0.6 is 22.9 Å². The largest absolute Gasteiger partial charge is 0.444 e. The molecule has 0 aliphatic heterocycles. The van der Waals surface area contributed by atoms with Crippen LogP contribution in [0.15, 0.2) is 48.5 Å². The monoisotopic (exact) mass is 378 g/mol. The number of thiophene rings is 1. The summed E-state index contributed by atoms with van der Waals surface area (Å²) in [7, 11) is 1.38. The lowest BCUT2D eigenvalue weighted by Gasteiger charge is -2.16. The lowest BCUT2D eigenvalue weighted by Crippen LogP contribution is -2.41. The van der Waals surface area contributed by atoms with E-state index in [1.54, 1.807) is 42.5 Å². The molecule has 0 spiro atoms. The molecule has 2 rings (SSSR count). The van der Waals surface area contributed by atoms with Crippen LogP contribution in [-0.2, 0) is 14.3 Å². The van der Waals surface area contributed by atoms with Crippen molar-refractivity contribution in [1.82, 2.24) is 10.6 Å². The maximum absolute atomic E-state index is 12.2. The minimum absolute atomic E-state index is 0.449. The number of rotatable bonds is 5. The van der Waals surface area contributed by atoms with Crippen LogP contribution in [0.3, 0.4) is 0 Å². The first-order valence-corrected chi connectivity index (χ1v) is 8.40. The highest BCUT2D eigenvalue weighted by atomic mass is 35.5. The summed E-state index contributed by atoms with van der Waals surface area (Å²) in [5, 5.41) is 4.37. The van der Waals surface area contributed by atoms with Crippen LogP contribution < -0.4 is 10.6 Å². The number of halogens is 1. The van der Waals surface area contributed by atoms with Crippen LogP contribution in [0.25, 0.3) is 6.08 Å². The van der Waals surface area contributed by atoms with Crippen LogP contribution in [-0.4, -0.2) is 25.0 Å². The summed E-state index contributed by atoms with van der Waals surface area (Å²) in [6.45, 7) is 0. The summed E-state index contributed by atoms with van der Waals surface area (Å²) in [6, 6.07) is 11.2. The number of urea groups is 1. The van der Waals surface area contributed by atoms with Gasteiger partial charge in [-0.2, -0.15) is 0 Å². The molecule has 6 nitrogen and oxygen atoms in total. The molecule has 0 bridgehead atoms. The Labute approximate surface area is 153 Å². The highest BCUT2D eigenvalue weighted by Crippen LogP contribution is 2.23. The molecule has 2 aromatic rings. The van der Waals surface area contributed by atoms with E-state index in [1.165, 1.54) is 30.5 Å². The average molecular weight is 379 g/mol. The number of nitrogens with one attached hydrogen (secondary N) is 2. The van der Waals surface area contributed by atoms with Crippen LogP contribution in [0.2, 0.25) is 4.34 Å². The Morgan fingerprint density at radius 1 is 1.16 bits per heavy atom. The van der Waals surface area contributed by atoms with Crippen molar-refractivity contribution >= 4 is 46.9 Å². The van der Waals surface area contributed by atoms with Crippen molar-refractivity contribution < 1.29 is 19.1 Å². The van der Waals surface area contributed by atoms with E-state index in [1.807, 2.05) is 0 Å². The second-order valence-corrected chi connectivity index (χ2v) is 6.52. The zero-order chi connectivity index (χ0) is 18.2. The molecule has 1 aromatic carbocycles. The van der Waals surface area contributed by atoms with E-state index >= 15 is 0 Å². The molecule has 3 amide bonds. The number of ether oxygens (including phenoxy) is 1. The van der Waals surface area contributed by atoms with Gasteiger partial charge in [0.1, 0.15) is 0 Å². The highest BCUT2D eigenvalue weighted by molar-refractivity contribution is 7.17. The molecule has 0 saturated heterocycles. The SMILES string of the molecule is CNC(=O)NC(=O)C(OC(=O)/C=C/c1ccc(Cl)s1)c1ccccc1. The zero-order valence-corrected chi connectivity index (χ0v) is 14.8. The molecule has 0 radical (unpaired) electrons. The molecule has 1 unspecified atom stereocenters. The first-order chi connectivity index (χ1) is 12.0. The normalized spacial score (nSPS) is 11.8. The van der Waals surface area contributed by atoms with Crippen LogP contribution in [0, 0.1) is 0 Å². The summed E-state index contributed by atoms with van der Waals surface area (Å²) < 4.78 is 5.82. The smallest absolute Gasteiger partial charge is 0.331 e. The molecule has 0 saturated carbocycles. The molecule has 0 aliphatic carbocycles. The Morgan fingerprint density at radius 2 is 1.88 bits per heavy atom. The first kappa shape index (κ1) is 18.7. The maximum Gasteiger partial charge on any atom is 0.331 e. The van der Waals surface area contributed by atoms with Gasteiger partial charge in [-0.1, -0.05) is 41.9 Å². The molecule has 2 N–H and O–H groups in total. The Balaban J connectivity index is 2.12. The van der Waals surface area contributed by atoms with Gasteiger partial charge in [0, 0.05) is 23.6 Å². The highest BCUT2D eigenvalue weighted by Gasteiger charge is 2.25. The molecule has 0 fully saturated rings. The second-order valence-electron chi connectivity index (χ2n) is 4.77. The predicted octanol–water partition coefficient (Wildman–Crippen LogP) is 3.15. The average Bonchev–Trinajstić information content (AvgIpc) is 3.03. The van der Waals surface area contributed by atoms with Crippen LogP contribution in [0.5, 0.6) is 0 Å². The molecule has 130 valence electrons. The molecular formula is C17H15ClN2O4S. The molecular weight excluding hydrogens is 364 g/mol. The van der Waals surface area contributed by atoms with Crippen molar-refractivity contribution in [2.24, 2.45) is 0 Å². The number of esters is 1. The van der Waals surface area contributed by atoms with Crippen molar-refractivity contribution in [3.05, 3.63) is 63.3 Å². The number of hydrogen-bond acceptors (Lipinski definition) is 5. The van der Waals surface area contributed by atoms with Gasteiger partial charge < -0.3 is 10.1 Å². The predicted molar refractivity (Wildman–Crippen MR) is 96.2 cm³/mol. The van der Waals surface area contributed by atoms with E-state index in [-0.39, 0.29) is 0 Å². The molecule has 1 heterocycles. The fraction of sp³-hybridized carbons (Fsp3) is 0.118. The molecule has 1 aromatic heterocycles. The second kappa shape index (κ2) is 9.00. The van der Waals surface area contributed by atoms with Crippen LogP contribution in [0.4, 0.5) is 4.79 Å². The van der Waals surface area contributed by atoms with Crippen molar-refractivity contribution in [1.29, 1.82) is 0 Å². The van der Waals surface area contributed by atoms with E-state index in [0.717, 1.165) is 4.88 Å². The molecule has 1 atom stereocenters. The van der Waals surface area contributed by atoms with E-state index in [9.17, 15) is 14.4 Å². The third-order valence-corrected chi connectivity index (χ3v) is 4.21. The summed E-state index contributed by atoms with van der Waals surface area (Å²) in [4.78, 5) is 36.4. The maximum atomic E-state index is 12.2. The summed E-state index contributed by atoms with van der Waals surface area (Å²) in [5.74, 6) is -1.46. The van der Waals surface area contributed by atoms with Crippen molar-refractivity contribution in [2.75, 3.05) is 7.05 Å². The number of carbonyl (C=O) groups excluding carboxylic acids is 3. The minimum Gasteiger partial charge on any atom is -0.444 e. The number of hydrogen-bond donors (Lipinski definition) is 2. The Hall–Kier alpha value is -2.64.